The fourth-order valence-corrected chi connectivity index (χ4v) is 1.35. The maximum Gasteiger partial charge on any atom is 0.404 e. The van der Waals surface area contributed by atoms with Gasteiger partial charge in [-0.1, -0.05) is 23.2 Å². The van der Waals surface area contributed by atoms with Crippen molar-refractivity contribution in [3.8, 4) is 0 Å². The van der Waals surface area contributed by atoms with Crippen LogP contribution in [-0.2, 0) is 4.74 Å². The molecule has 1 aromatic heterocycles. The standard InChI is InChI=1S/C8H10Cl2N4O2/c9-4-3-5(10)7(14-6(4)11)13-1-2-16-8(12)15/h3H,1-2H2,(H2,12,15)(H3,11,13,14). The lowest BCUT2D eigenvalue weighted by atomic mass is 10.4. The fraction of sp³-hybridized carbons (Fsp3) is 0.250. The van der Waals surface area contributed by atoms with E-state index in [4.69, 9.17) is 34.7 Å². The van der Waals surface area contributed by atoms with Gasteiger partial charge in [-0.3, -0.25) is 0 Å². The largest absolute Gasteiger partial charge is 0.448 e. The Morgan fingerprint density at radius 2 is 2.19 bits per heavy atom. The Morgan fingerprint density at radius 3 is 2.81 bits per heavy atom. The van der Waals surface area contributed by atoms with Crippen molar-refractivity contribution in [2.45, 2.75) is 0 Å². The smallest absolute Gasteiger partial charge is 0.404 e. The van der Waals surface area contributed by atoms with Gasteiger partial charge < -0.3 is 21.5 Å². The number of nitrogens with two attached hydrogens (primary N) is 2. The number of carbonyl (C=O) groups is 1. The van der Waals surface area contributed by atoms with Crippen LogP contribution in [0.2, 0.25) is 10.0 Å². The molecule has 1 amide bonds. The van der Waals surface area contributed by atoms with E-state index in [0.717, 1.165) is 0 Å². The van der Waals surface area contributed by atoms with Crippen LogP contribution in [0.15, 0.2) is 6.07 Å². The zero-order chi connectivity index (χ0) is 12.1. The molecule has 0 radical (unpaired) electrons. The number of pyridine rings is 1. The molecular formula is C8H10Cl2N4O2. The summed E-state index contributed by atoms with van der Waals surface area (Å²) in [6.07, 6.45) is -0.837. The van der Waals surface area contributed by atoms with Crippen LogP contribution in [0.3, 0.4) is 0 Å². The summed E-state index contributed by atoms with van der Waals surface area (Å²) in [5.41, 5.74) is 10.3. The maximum absolute atomic E-state index is 10.3. The molecule has 16 heavy (non-hydrogen) atoms. The van der Waals surface area contributed by atoms with Crippen molar-refractivity contribution in [1.82, 2.24) is 4.98 Å². The summed E-state index contributed by atoms with van der Waals surface area (Å²) in [5.74, 6) is 0.543. The molecular weight excluding hydrogens is 255 g/mol. The number of nitrogen functional groups attached to an aromatic ring is 1. The Morgan fingerprint density at radius 1 is 1.50 bits per heavy atom. The average Bonchev–Trinajstić information content (AvgIpc) is 2.19. The molecule has 0 aliphatic heterocycles. The number of nitrogens with zero attached hydrogens (tertiary/aromatic N) is 1. The summed E-state index contributed by atoms with van der Waals surface area (Å²) < 4.78 is 4.51. The van der Waals surface area contributed by atoms with Gasteiger partial charge in [0.1, 0.15) is 18.2 Å². The van der Waals surface area contributed by atoms with Crippen molar-refractivity contribution in [2.24, 2.45) is 5.73 Å². The Labute approximate surface area is 102 Å². The Bertz CT molecular complexity index is 400. The summed E-state index contributed by atoms with van der Waals surface area (Å²) in [6.45, 7) is 0.423. The number of hydrogen-bond acceptors (Lipinski definition) is 5. The van der Waals surface area contributed by atoms with Crippen LogP contribution in [0.25, 0.3) is 0 Å². The first kappa shape index (κ1) is 12.7. The van der Waals surface area contributed by atoms with Gasteiger partial charge in [0, 0.05) is 0 Å². The molecule has 1 rings (SSSR count). The van der Waals surface area contributed by atoms with Gasteiger partial charge in [-0.25, -0.2) is 9.78 Å². The molecule has 1 heterocycles. The normalized spacial score (nSPS) is 9.88. The molecule has 1 aromatic rings. The van der Waals surface area contributed by atoms with Crippen molar-refractivity contribution < 1.29 is 9.53 Å². The van der Waals surface area contributed by atoms with Crippen molar-refractivity contribution in [3.05, 3.63) is 16.1 Å². The number of halogens is 2. The van der Waals surface area contributed by atoms with Crippen LogP contribution in [-0.4, -0.2) is 24.2 Å². The van der Waals surface area contributed by atoms with Gasteiger partial charge in [-0.2, -0.15) is 0 Å². The zero-order valence-corrected chi connectivity index (χ0v) is 9.68. The minimum Gasteiger partial charge on any atom is -0.448 e. The second kappa shape index (κ2) is 5.62. The second-order valence-electron chi connectivity index (χ2n) is 2.78. The molecule has 0 spiro atoms. The lowest BCUT2D eigenvalue weighted by molar-refractivity contribution is 0.161. The van der Waals surface area contributed by atoms with Crippen LogP contribution in [0.5, 0.6) is 0 Å². The Hall–Kier alpha value is -1.40. The molecule has 5 N–H and O–H groups in total. The number of carbonyl (C=O) groups excluding carboxylic acids is 1. The minimum atomic E-state index is -0.837. The summed E-state index contributed by atoms with van der Waals surface area (Å²) in [4.78, 5) is 14.2. The van der Waals surface area contributed by atoms with Crippen LogP contribution < -0.4 is 16.8 Å². The first-order valence-electron chi connectivity index (χ1n) is 4.28. The van der Waals surface area contributed by atoms with Crippen LogP contribution in [0.1, 0.15) is 0 Å². The minimum absolute atomic E-state index is 0.107. The SMILES string of the molecule is NC(=O)OCCNc1nc(N)c(Cl)cc1Cl. The average molecular weight is 265 g/mol. The molecule has 0 saturated carbocycles. The molecule has 0 saturated heterocycles. The molecule has 8 heteroatoms. The van der Waals surface area contributed by atoms with Crippen LogP contribution in [0, 0.1) is 0 Å². The third-order valence-electron chi connectivity index (χ3n) is 1.60. The Balaban J connectivity index is 2.54. The van der Waals surface area contributed by atoms with Gasteiger partial charge in [0.05, 0.1) is 16.6 Å². The highest BCUT2D eigenvalue weighted by atomic mass is 35.5. The Kier molecular flexibility index (Phi) is 4.45. The van der Waals surface area contributed by atoms with E-state index in [-0.39, 0.29) is 17.4 Å². The van der Waals surface area contributed by atoms with E-state index in [1.54, 1.807) is 0 Å². The summed E-state index contributed by atoms with van der Waals surface area (Å²) in [6, 6.07) is 1.47. The molecule has 0 aliphatic carbocycles. The highest BCUT2D eigenvalue weighted by Crippen LogP contribution is 2.26. The lowest BCUT2D eigenvalue weighted by Gasteiger charge is -2.08. The van der Waals surface area contributed by atoms with Crippen molar-refractivity contribution in [2.75, 3.05) is 24.2 Å². The third-order valence-corrected chi connectivity index (χ3v) is 2.19. The molecule has 6 nitrogen and oxygen atoms in total. The number of nitrogens with one attached hydrogen (secondary N) is 1. The first-order valence-corrected chi connectivity index (χ1v) is 5.04. The van der Waals surface area contributed by atoms with Crippen LogP contribution >= 0.6 is 23.2 Å². The highest BCUT2D eigenvalue weighted by molar-refractivity contribution is 6.37. The third kappa shape index (κ3) is 3.63. The molecule has 88 valence electrons. The van der Waals surface area contributed by atoms with Gasteiger partial charge >= 0.3 is 6.09 Å². The number of amides is 1. The van der Waals surface area contributed by atoms with E-state index in [1.807, 2.05) is 0 Å². The molecule has 0 fully saturated rings. The van der Waals surface area contributed by atoms with Crippen molar-refractivity contribution in [3.63, 3.8) is 0 Å². The predicted octanol–water partition coefficient (Wildman–Crippen LogP) is 1.48. The first-order chi connectivity index (χ1) is 7.50. The molecule has 0 bridgehead atoms. The van der Waals surface area contributed by atoms with Crippen LogP contribution in [0.4, 0.5) is 16.4 Å². The number of ether oxygens (including phenoxy) is 1. The monoisotopic (exact) mass is 264 g/mol. The van der Waals surface area contributed by atoms with Gasteiger partial charge in [-0.05, 0) is 6.07 Å². The van der Waals surface area contributed by atoms with Crippen molar-refractivity contribution >= 4 is 40.9 Å². The van der Waals surface area contributed by atoms with Crippen molar-refractivity contribution in [1.29, 1.82) is 0 Å². The van der Waals surface area contributed by atoms with E-state index >= 15 is 0 Å². The molecule has 0 aliphatic rings. The second-order valence-corrected chi connectivity index (χ2v) is 3.59. The highest BCUT2D eigenvalue weighted by Gasteiger charge is 2.06. The number of primary amides is 1. The summed E-state index contributed by atoms with van der Waals surface area (Å²) in [5, 5.41) is 3.44. The van der Waals surface area contributed by atoms with Gasteiger partial charge in [0.25, 0.3) is 0 Å². The van der Waals surface area contributed by atoms with E-state index in [1.165, 1.54) is 6.07 Å². The molecule has 0 unspecified atom stereocenters. The topological polar surface area (TPSA) is 103 Å². The van der Waals surface area contributed by atoms with E-state index in [2.05, 4.69) is 15.0 Å². The number of hydrogen-bond donors (Lipinski definition) is 3. The number of anilines is 2. The van der Waals surface area contributed by atoms with E-state index in [0.29, 0.717) is 17.4 Å². The predicted molar refractivity (Wildman–Crippen MR) is 62.7 cm³/mol. The summed E-state index contributed by atoms with van der Waals surface area (Å²) in [7, 11) is 0. The van der Waals surface area contributed by atoms with E-state index < -0.39 is 6.09 Å². The van der Waals surface area contributed by atoms with Gasteiger partial charge in [0.2, 0.25) is 0 Å². The van der Waals surface area contributed by atoms with Gasteiger partial charge in [-0.15, -0.1) is 0 Å². The molecule has 0 atom stereocenters. The summed E-state index contributed by atoms with van der Waals surface area (Å²) >= 11 is 11.5. The number of rotatable bonds is 4. The number of aromatic nitrogens is 1. The molecule has 0 aromatic carbocycles. The quantitative estimate of drug-likeness (QED) is 0.715. The van der Waals surface area contributed by atoms with E-state index in [9.17, 15) is 4.79 Å². The lowest BCUT2D eigenvalue weighted by Crippen LogP contribution is -2.18. The fourth-order valence-electron chi connectivity index (χ4n) is 0.926. The zero-order valence-electron chi connectivity index (χ0n) is 8.17. The van der Waals surface area contributed by atoms with Gasteiger partial charge in [0.15, 0.2) is 0 Å². The maximum atomic E-state index is 10.3.